The lowest BCUT2D eigenvalue weighted by Crippen LogP contribution is -2.17. The minimum atomic E-state index is -0.284. The molecule has 1 fully saturated rings. The molecule has 4 aromatic carbocycles. The second kappa shape index (κ2) is 16.2. The smallest absolute Gasteiger partial charge is 0.338 e. The summed E-state index contributed by atoms with van der Waals surface area (Å²) in [6.45, 7) is 18.1. The number of esters is 1. The number of para-hydroxylation sites is 3. The molecule has 0 bridgehead atoms. The summed E-state index contributed by atoms with van der Waals surface area (Å²) in [5.74, 6) is 3.60. The average molecular weight is 661 g/mol. The second-order valence-corrected chi connectivity index (χ2v) is 13.1. The largest absolute Gasteiger partial charge is 0.462 e. The molecule has 7 rings (SSSR count). The second-order valence-electron chi connectivity index (χ2n) is 13.1. The molecule has 0 amide bonds. The molecule has 3 unspecified atom stereocenters. The Hall–Kier alpha value is -5.53. The molecule has 0 radical (unpaired) electrons. The van der Waals surface area contributed by atoms with Gasteiger partial charge in [-0.15, -0.1) is 18.9 Å². The fourth-order valence-corrected chi connectivity index (χ4v) is 7.44. The first-order chi connectivity index (χ1) is 24.3. The minimum absolute atomic E-state index is 0.284. The highest BCUT2D eigenvalue weighted by Gasteiger charge is 2.30. The number of carbonyl (C=O) groups excluding carboxylic acids is 1. The molecule has 1 aliphatic carbocycles. The number of rotatable bonds is 7. The zero-order valence-corrected chi connectivity index (χ0v) is 30.0. The third-order valence-electron chi connectivity index (χ3n) is 9.43. The van der Waals surface area contributed by atoms with E-state index in [1.165, 1.54) is 17.2 Å². The van der Waals surface area contributed by atoms with Crippen molar-refractivity contribution < 1.29 is 9.53 Å². The maximum atomic E-state index is 13.9. The van der Waals surface area contributed by atoms with Gasteiger partial charge in [-0.1, -0.05) is 93.3 Å². The van der Waals surface area contributed by atoms with Crippen LogP contribution in [0, 0.1) is 30.1 Å². The molecular formula is C46H48N2O2. The Kier molecular flexibility index (Phi) is 11.6. The third-order valence-corrected chi connectivity index (χ3v) is 9.43. The average Bonchev–Trinajstić information content (AvgIpc) is 3.75. The van der Waals surface area contributed by atoms with E-state index < -0.39 is 0 Å². The van der Waals surface area contributed by atoms with Gasteiger partial charge in [-0.3, -0.25) is 0 Å². The number of nitrogens with zero attached hydrogens (tertiary/aromatic N) is 2. The van der Waals surface area contributed by atoms with E-state index in [4.69, 9.17) is 4.74 Å². The number of benzene rings is 4. The van der Waals surface area contributed by atoms with Crippen LogP contribution in [-0.2, 0) is 4.74 Å². The number of carbonyl (C=O) groups is 1. The van der Waals surface area contributed by atoms with Crippen molar-refractivity contribution in [2.75, 3.05) is 6.61 Å². The van der Waals surface area contributed by atoms with Gasteiger partial charge >= 0.3 is 5.97 Å². The Morgan fingerprint density at radius 1 is 0.840 bits per heavy atom. The van der Waals surface area contributed by atoms with E-state index >= 15 is 0 Å². The van der Waals surface area contributed by atoms with Crippen LogP contribution in [0.5, 0.6) is 0 Å². The van der Waals surface area contributed by atoms with E-state index in [-0.39, 0.29) is 5.97 Å². The monoisotopic (exact) mass is 660 g/mol. The molecule has 0 saturated heterocycles. The SMILES string of the molecule is C#CC.C=CC.C=Cc1c(/C=C\C)n(-c2cc(C(=O)OCC3CC(C)CC3C)cc(-n3c4ccccc4c4ccccc43)c2)c2ccccc12. The first-order valence-electron chi connectivity index (χ1n) is 17.5. The van der Waals surface area contributed by atoms with Crippen molar-refractivity contribution in [1.82, 2.24) is 9.13 Å². The summed E-state index contributed by atoms with van der Waals surface area (Å²) < 4.78 is 10.6. The molecule has 0 N–H and O–H groups in total. The van der Waals surface area contributed by atoms with E-state index in [1.54, 1.807) is 13.0 Å². The Bertz CT molecular complexity index is 2170. The standard InChI is InChI=1S/C40H38N2O2.C3H6.C3H4/c1-5-13-36-32(6-2)33-14-7-10-17-37(33)41(36)30-22-28(40(43)44-25-29-21-26(3)20-27(29)4)23-31(24-30)42-38-18-11-8-15-34(38)35-16-9-12-19-39(35)42;2*1-3-2/h5-19,22-24,26-27,29H,2,20-21,25H2,1,3-4H3;3H,1H2,2H3;1H,2H3/b13-5-;;. The molecule has 50 heavy (non-hydrogen) atoms. The van der Waals surface area contributed by atoms with Crippen molar-refractivity contribution in [3.63, 3.8) is 0 Å². The molecule has 0 aliphatic heterocycles. The summed E-state index contributed by atoms with van der Waals surface area (Å²) in [6, 6.07) is 31.4. The lowest BCUT2D eigenvalue weighted by molar-refractivity contribution is 0.0414. The van der Waals surface area contributed by atoms with Crippen molar-refractivity contribution in [2.24, 2.45) is 17.8 Å². The summed E-state index contributed by atoms with van der Waals surface area (Å²) in [5, 5.41) is 3.47. The van der Waals surface area contributed by atoms with Crippen molar-refractivity contribution in [3.05, 3.63) is 133 Å². The van der Waals surface area contributed by atoms with Crippen LogP contribution in [0.2, 0.25) is 0 Å². The topological polar surface area (TPSA) is 36.2 Å². The van der Waals surface area contributed by atoms with Crippen LogP contribution in [0.3, 0.4) is 0 Å². The molecule has 2 aromatic heterocycles. The fourth-order valence-electron chi connectivity index (χ4n) is 7.44. The summed E-state index contributed by atoms with van der Waals surface area (Å²) in [5.41, 5.74) is 7.69. The molecule has 4 nitrogen and oxygen atoms in total. The van der Waals surface area contributed by atoms with Gasteiger partial charge in [-0.2, -0.15) is 0 Å². The van der Waals surface area contributed by atoms with Gasteiger partial charge < -0.3 is 13.9 Å². The van der Waals surface area contributed by atoms with Crippen molar-refractivity contribution >= 4 is 50.8 Å². The number of terminal acetylenes is 1. The summed E-state index contributed by atoms with van der Waals surface area (Å²) in [7, 11) is 0. The van der Waals surface area contributed by atoms with Gasteiger partial charge in [0.25, 0.3) is 0 Å². The molecule has 254 valence electrons. The first-order valence-corrected chi connectivity index (χ1v) is 17.5. The van der Waals surface area contributed by atoms with Crippen LogP contribution in [-0.4, -0.2) is 21.7 Å². The number of hydrogen-bond donors (Lipinski definition) is 0. The third kappa shape index (κ3) is 7.09. The van der Waals surface area contributed by atoms with Gasteiger partial charge in [0.05, 0.1) is 34.4 Å². The summed E-state index contributed by atoms with van der Waals surface area (Å²) in [6.07, 6.45) is 14.7. The fraction of sp³-hybridized carbons (Fsp3) is 0.239. The highest BCUT2D eigenvalue weighted by molar-refractivity contribution is 6.09. The molecule has 4 heteroatoms. The van der Waals surface area contributed by atoms with Crippen LogP contribution in [0.1, 0.15) is 69.1 Å². The van der Waals surface area contributed by atoms with Crippen molar-refractivity contribution in [3.8, 4) is 23.7 Å². The maximum Gasteiger partial charge on any atom is 0.338 e. The molecule has 3 atom stereocenters. The number of fused-ring (bicyclic) bond motifs is 4. The summed E-state index contributed by atoms with van der Waals surface area (Å²) >= 11 is 0. The quantitative estimate of drug-likeness (QED) is 0.0970. The van der Waals surface area contributed by atoms with Crippen LogP contribution in [0.25, 0.3) is 56.2 Å². The van der Waals surface area contributed by atoms with E-state index in [2.05, 4.69) is 133 Å². The Morgan fingerprint density at radius 2 is 1.34 bits per heavy atom. The zero-order valence-electron chi connectivity index (χ0n) is 30.0. The van der Waals surface area contributed by atoms with Gasteiger partial charge in [-0.05, 0) is 93.8 Å². The number of ether oxygens (including phenoxy) is 1. The van der Waals surface area contributed by atoms with E-state index in [0.29, 0.717) is 29.9 Å². The van der Waals surface area contributed by atoms with E-state index in [1.807, 2.05) is 38.1 Å². The van der Waals surface area contributed by atoms with Gasteiger partial charge in [0.15, 0.2) is 0 Å². The van der Waals surface area contributed by atoms with Crippen LogP contribution >= 0.6 is 0 Å². The predicted octanol–water partition coefficient (Wildman–Crippen LogP) is 12.1. The molecular weight excluding hydrogens is 613 g/mol. The Labute approximate surface area is 297 Å². The van der Waals surface area contributed by atoms with Crippen LogP contribution in [0.15, 0.2) is 116 Å². The maximum absolute atomic E-state index is 13.9. The Morgan fingerprint density at radius 3 is 1.84 bits per heavy atom. The van der Waals surface area contributed by atoms with Gasteiger partial charge in [0, 0.05) is 33.1 Å². The highest BCUT2D eigenvalue weighted by Crippen LogP contribution is 2.38. The van der Waals surface area contributed by atoms with E-state index in [9.17, 15) is 4.79 Å². The minimum Gasteiger partial charge on any atom is -0.462 e. The molecule has 2 heterocycles. The van der Waals surface area contributed by atoms with Crippen LogP contribution < -0.4 is 0 Å². The summed E-state index contributed by atoms with van der Waals surface area (Å²) in [4.78, 5) is 13.9. The van der Waals surface area contributed by atoms with Gasteiger partial charge in [-0.25, -0.2) is 4.79 Å². The normalized spacial score (nSPS) is 16.8. The van der Waals surface area contributed by atoms with Crippen molar-refractivity contribution in [2.45, 2.75) is 47.5 Å². The van der Waals surface area contributed by atoms with Gasteiger partial charge in [0.2, 0.25) is 0 Å². The number of allylic oxidation sites excluding steroid dienone is 2. The molecule has 1 saturated carbocycles. The molecule has 1 aliphatic rings. The van der Waals surface area contributed by atoms with Crippen molar-refractivity contribution in [1.29, 1.82) is 0 Å². The Balaban J connectivity index is 0.000000758. The number of hydrogen-bond acceptors (Lipinski definition) is 2. The zero-order chi connectivity index (χ0) is 35.8. The number of aromatic nitrogens is 2. The molecule has 6 aromatic rings. The highest BCUT2D eigenvalue weighted by atomic mass is 16.5. The molecule has 0 spiro atoms. The lowest BCUT2D eigenvalue weighted by atomic mass is 9.99. The predicted molar refractivity (Wildman–Crippen MR) is 214 cm³/mol. The van der Waals surface area contributed by atoms with E-state index in [0.717, 1.165) is 51.0 Å². The van der Waals surface area contributed by atoms with Gasteiger partial charge in [0.1, 0.15) is 0 Å². The first kappa shape index (κ1) is 35.8. The lowest BCUT2D eigenvalue weighted by Gasteiger charge is -2.18. The van der Waals surface area contributed by atoms with Crippen LogP contribution in [0.4, 0.5) is 0 Å².